The zero-order chi connectivity index (χ0) is 12.3. The van der Waals surface area contributed by atoms with Crippen molar-refractivity contribution in [1.29, 1.82) is 0 Å². The first-order valence-electron chi connectivity index (χ1n) is 5.76. The molecular weight excluding hydrogens is 217 g/mol. The molecule has 1 heterocycles. The van der Waals surface area contributed by atoms with Crippen LogP contribution in [0.5, 0.6) is 0 Å². The second-order valence-corrected chi connectivity index (χ2v) is 3.96. The van der Waals surface area contributed by atoms with E-state index in [4.69, 9.17) is 0 Å². The van der Waals surface area contributed by atoms with Gasteiger partial charge in [-0.25, -0.2) is 9.37 Å². The maximum absolute atomic E-state index is 14.0. The van der Waals surface area contributed by atoms with Gasteiger partial charge in [-0.3, -0.25) is 4.57 Å². The summed E-state index contributed by atoms with van der Waals surface area (Å²) in [5.41, 5.74) is 1.17. The fourth-order valence-corrected chi connectivity index (χ4v) is 1.68. The van der Waals surface area contributed by atoms with Gasteiger partial charge in [0, 0.05) is 18.9 Å². The number of imidazole rings is 1. The summed E-state index contributed by atoms with van der Waals surface area (Å²) in [4.78, 5) is 4.19. The van der Waals surface area contributed by atoms with E-state index < -0.39 is 0 Å². The number of aromatic nitrogens is 2. The molecule has 1 aromatic heterocycles. The van der Waals surface area contributed by atoms with Crippen molar-refractivity contribution in [2.75, 3.05) is 11.9 Å². The van der Waals surface area contributed by atoms with Crippen LogP contribution in [-0.4, -0.2) is 16.1 Å². The second-order valence-electron chi connectivity index (χ2n) is 3.96. The molecule has 1 aromatic carbocycles. The van der Waals surface area contributed by atoms with Crippen LogP contribution in [0.3, 0.4) is 0 Å². The molecule has 0 aliphatic rings. The molecule has 3 nitrogen and oxygen atoms in total. The van der Waals surface area contributed by atoms with E-state index in [1.165, 1.54) is 0 Å². The molecule has 0 atom stereocenters. The Labute approximate surface area is 100 Å². The lowest BCUT2D eigenvalue weighted by Crippen LogP contribution is -2.08. The van der Waals surface area contributed by atoms with E-state index in [1.54, 1.807) is 36.0 Å². The van der Waals surface area contributed by atoms with Gasteiger partial charge in [0.15, 0.2) is 0 Å². The number of hydrogen-bond donors (Lipinski definition) is 1. The van der Waals surface area contributed by atoms with Gasteiger partial charge in [-0.15, -0.1) is 0 Å². The highest BCUT2D eigenvalue weighted by Crippen LogP contribution is 2.20. The number of anilines is 1. The van der Waals surface area contributed by atoms with Crippen LogP contribution in [0, 0.1) is 12.7 Å². The third-order valence-electron chi connectivity index (χ3n) is 2.60. The monoisotopic (exact) mass is 233 g/mol. The molecule has 0 aliphatic carbocycles. The van der Waals surface area contributed by atoms with E-state index in [0.717, 1.165) is 13.0 Å². The summed E-state index contributed by atoms with van der Waals surface area (Å²) < 4.78 is 15.7. The third kappa shape index (κ3) is 2.30. The van der Waals surface area contributed by atoms with Gasteiger partial charge in [0.2, 0.25) is 5.95 Å². The van der Waals surface area contributed by atoms with Crippen LogP contribution in [-0.2, 0) is 0 Å². The first kappa shape index (κ1) is 11.6. The molecular formula is C13H16FN3. The highest BCUT2D eigenvalue weighted by Gasteiger charge is 2.10. The number of benzene rings is 1. The molecule has 1 N–H and O–H groups in total. The van der Waals surface area contributed by atoms with E-state index in [9.17, 15) is 4.39 Å². The van der Waals surface area contributed by atoms with Crippen LogP contribution in [0.15, 0.2) is 30.6 Å². The topological polar surface area (TPSA) is 29.9 Å². The summed E-state index contributed by atoms with van der Waals surface area (Å²) in [7, 11) is 0. The Balaban J connectivity index is 2.39. The summed E-state index contributed by atoms with van der Waals surface area (Å²) in [6.07, 6.45) is 4.43. The van der Waals surface area contributed by atoms with Gasteiger partial charge >= 0.3 is 0 Å². The molecule has 0 amide bonds. The van der Waals surface area contributed by atoms with Crippen molar-refractivity contribution < 1.29 is 4.39 Å². The SMILES string of the molecule is CCCNc1nccn1-c1cccc(C)c1F. The highest BCUT2D eigenvalue weighted by atomic mass is 19.1. The van der Waals surface area contributed by atoms with Crippen molar-refractivity contribution in [3.05, 3.63) is 42.0 Å². The molecule has 17 heavy (non-hydrogen) atoms. The molecule has 0 aliphatic heterocycles. The van der Waals surface area contributed by atoms with E-state index >= 15 is 0 Å². The molecule has 0 radical (unpaired) electrons. The summed E-state index contributed by atoms with van der Waals surface area (Å²) in [5.74, 6) is 0.474. The highest BCUT2D eigenvalue weighted by molar-refractivity contribution is 5.44. The lowest BCUT2D eigenvalue weighted by atomic mass is 10.2. The summed E-state index contributed by atoms with van der Waals surface area (Å²) in [5, 5.41) is 3.17. The van der Waals surface area contributed by atoms with Gasteiger partial charge in [-0.1, -0.05) is 19.1 Å². The van der Waals surface area contributed by atoms with Crippen molar-refractivity contribution in [2.24, 2.45) is 0 Å². The minimum atomic E-state index is -0.204. The molecule has 2 rings (SSSR count). The summed E-state index contributed by atoms with van der Waals surface area (Å²) in [6, 6.07) is 5.35. The molecule has 0 unspecified atom stereocenters. The van der Waals surface area contributed by atoms with Crippen molar-refractivity contribution in [3.63, 3.8) is 0 Å². The Morgan fingerprint density at radius 1 is 1.41 bits per heavy atom. The van der Waals surface area contributed by atoms with Crippen molar-refractivity contribution in [3.8, 4) is 5.69 Å². The number of nitrogens with one attached hydrogen (secondary N) is 1. The second kappa shape index (κ2) is 4.99. The Kier molecular flexibility index (Phi) is 3.42. The molecule has 0 spiro atoms. The zero-order valence-corrected chi connectivity index (χ0v) is 10.1. The molecule has 90 valence electrons. The van der Waals surface area contributed by atoms with Gasteiger partial charge in [0.1, 0.15) is 5.82 Å². The minimum Gasteiger partial charge on any atom is -0.355 e. The van der Waals surface area contributed by atoms with Crippen LogP contribution >= 0.6 is 0 Å². The number of nitrogens with zero attached hydrogens (tertiary/aromatic N) is 2. The summed E-state index contributed by atoms with van der Waals surface area (Å²) >= 11 is 0. The molecule has 0 saturated carbocycles. The van der Waals surface area contributed by atoms with Gasteiger partial charge in [0.25, 0.3) is 0 Å². The van der Waals surface area contributed by atoms with Crippen LogP contribution < -0.4 is 5.32 Å². The molecule has 4 heteroatoms. The van der Waals surface area contributed by atoms with Crippen LogP contribution in [0.25, 0.3) is 5.69 Å². The minimum absolute atomic E-state index is 0.204. The zero-order valence-electron chi connectivity index (χ0n) is 10.1. The quantitative estimate of drug-likeness (QED) is 0.879. The van der Waals surface area contributed by atoms with Gasteiger partial charge in [0.05, 0.1) is 5.69 Å². The van der Waals surface area contributed by atoms with Crippen molar-refractivity contribution in [1.82, 2.24) is 9.55 Å². The maximum Gasteiger partial charge on any atom is 0.207 e. The maximum atomic E-state index is 14.0. The fourth-order valence-electron chi connectivity index (χ4n) is 1.68. The lowest BCUT2D eigenvalue weighted by Gasteiger charge is -2.11. The smallest absolute Gasteiger partial charge is 0.207 e. The predicted octanol–water partition coefficient (Wildman–Crippen LogP) is 3.14. The molecule has 2 aromatic rings. The summed E-state index contributed by atoms with van der Waals surface area (Å²) in [6.45, 7) is 4.66. The van der Waals surface area contributed by atoms with E-state index in [1.807, 2.05) is 6.07 Å². The lowest BCUT2D eigenvalue weighted by molar-refractivity contribution is 0.609. The normalized spacial score (nSPS) is 10.5. The number of hydrogen-bond acceptors (Lipinski definition) is 2. The first-order valence-corrected chi connectivity index (χ1v) is 5.76. The van der Waals surface area contributed by atoms with Crippen molar-refractivity contribution in [2.45, 2.75) is 20.3 Å². The molecule has 0 fully saturated rings. The molecule has 0 saturated heterocycles. The van der Waals surface area contributed by atoms with E-state index in [-0.39, 0.29) is 5.82 Å². The van der Waals surface area contributed by atoms with Crippen LogP contribution in [0.1, 0.15) is 18.9 Å². The van der Waals surface area contributed by atoms with Gasteiger partial charge in [-0.05, 0) is 25.0 Å². The number of rotatable bonds is 4. The Morgan fingerprint density at radius 3 is 3.00 bits per heavy atom. The van der Waals surface area contributed by atoms with E-state index in [2.05, 4.69) is 17.2 Å². The predicted molar refractivity (Wildman–Crippen MR) is 67.0 cm³/mol. The van der Waals surface area contributed by atoms with Crippen LogP contribution in [0.2, 0.25) is 0 Å². The largest absolute Gasteiger partial charge is 0.355 e. The Bertz CT molecular complexity index is 505. The van der Waals surface area contributed by atoms with Gasteiger partial charge < -0.3 is 5.32 Å². The first-order chi connectivity index (χ1) is 8.24. The third-order valence-corrected chi connectivity index (χ3v) is 2.60. The molecule has 0 bridgehead atoms. The van der Waals surface area contributed by atoms with E-state index in [0.29, 0.717) is 17.2 Å². The number of halogens is 1. The van der Waals surface area contributed by atoms with Gasteiger partial charge in [-0.2, -0.15) is 0 Å². The average Bonchev–Trinajstić information content (AvgIpc) is 2.78. The standard InChI is InChI=1S/C13H16FN3/c1-3-7-15-13-16-8-9-17(13)11-6-4-5-10(2)12(11)14/h4-6,8-9H,3,7H2,1-2H3,(H,15,16). The Hall–Kier alpha value is -1.84. The van der Waals surface area contributed by atoms with Crippen LogP contribution in [0.4, 0.5) is 10.3 Å². The number of aryl methyl sites for hydroxylation is 1. The average molecular weight is 233 g/mol. The fraction of sp³-hybridized carbons (Fsp3) is 0.308. The Morgan fingerprint density at radius 2 is 2.24 bits per heavy atom. The van der Waals surface area contributed by atoms with Crippen molar-refractivity contribution >= 4 is 5.95 Å².